The highest BCUT2D eigenvalue weighted by atomic mass is 31.2. The van der Waals surface area contributed by atoms with Gasteiger partial charge in [-0.1, -0.05) is 33.6 Å². The Morgan fingerprint density at radius 1 is 1.27 bits per heavy atom. The van der Waals surface area contributed by atoms with E-state index in [1.807, 2.05) is 13.8 Å². The average Bonchev–Trinajstić information content (AvgIpc) is 2.19. The van der Waals surface area contributed by atoms with Gasteiger partial charge in [0.25, 0.3) is 0 Å². The molecule has 1 fully saturated rings. The van der Waals surface area contributed by atoms with Crippen molar-refractivity contribution in [2.45, 2.75) is 40.0 Å². The van der Waals surface area contributed by atoms with Gasteiger partial charge in [-0.25, -0.2) is 9.65 Å². The van der Waals surface area contributed by atoms with Crippen molar-refractivity contribution in [3.63, 3.8) is 0 Å². The maximum Gasteiger partial charge on any atom is 0.405 e. The van der Waals surface area contributed by atoms with Crippen LogP contribution in [0.5, 0.6) is 0 Å². The van der Waals surface area contributed by atoms with Gasteiger partial charge in [-0.3, -0.25) is 9.05 Å². The molecule has 4 nitrogen and oxygen atoms in total. The molecule has 1 saturated heterocycles. The van der Waals surface area contributed by atoms with Crippen molar-refractivity contribution in [2.75, 3.05) is 19.8 Å². The van der Waals surface area contributed by atoms with Gasteiger partial charge >= 0.3 is 7.75 Å². The fourth-order valence-electron chi connectivity index (χ4n) is 1.28. The van der Waals surface area contributed by atoms with E-state index in [4.69, 9.17) is 9.05 Å². The normalized spacial score (nSPS) is 23.9. The van der Waals surface area contributed by atoms with Gasteiger partial charge in [0.05, 0.1) is 13.2 Å². The summed E-state index contributed by atoms with van der Waals surface area (Å²) in [6.07, 6.45) is 3.30. The minimum Gasteiger partial charge on any atom is -0.296 e. The predicted molar refractivity (Wildman–Crippen MR) is 60.8 cm³/mol. The molecule has 0 bridgehead atoms. The van der Waals surface area contributed by atoms with E-state index in [0.717, 1.165) is 19.3 Å². The Labute approximate surface area is 92.3 Å². The minimum absolute atomic E-state index is 0.0288. The Morgan fingerprint density at radius 2 is 1.87 bits per heavy atom. The van der Waals surface area contributed by atoms with Crippen molar-refractivity contribution in [1.29, 1.82) is 0 Å². The molecule has 90 valence electrons. The summed E-state index contributed by atoms with van der Waals surface area (Å²) >= 11 is 0. The average molecular weight is 235 g/mol. The minimum atomic E-state index is -2.98. The molecule has 0 aliphatic carbocycles. The zero-order valence-electron chi connectivity index (χ0n) is 9.91. The van der Waals surface area contributed by atoms with Crippen LogP contribution >= 0.6 is 7.75 Å². The summed E-state index contributed by atoms with van der Waals surface area (Å²) in [5.74, 6) is 0. The zero-order chi connectivity index (χ0) is 11.4. The number of hydrogen-bond acceptors (Lipinski definition) is 3. The van der Waals surface area contributed by atoms with Crippen molar-refractivity contribution < 1.29 is 13.6 Å². The number of nitrogens with one attached hydrogen (secondary N) is 1. The lowest BCUT2D eigenvalue weighted by Gasteiger charge is -2.33. The van der Waals surface area contributed by atoms with E-state index in [2.05, 4.69) is 12.0 Å². The van der Waals surface area contributed by atoms with E-state index >= 15 is 0 Å². The second-order valence-electron chi connectivity index (χ2n) is 4.82. The van der Waals surface area contributed by atoms with Gasteiger partial charge in [-0.05, 0) is 6.42 Å². The lowest BCUT2D eigenvalue weighted by Crippen LogP contribution is -2.33. The van der Waals surface area contributed by atoms with Crippen LogP contribution in [-0.4, -0.2) is 19.8 Å². The van der Waals surface area contributed by atoms with E-state index in [0.29, 0.717) is 19.8 Å². The molecule has 1 rings (SSSR count). The Balaban J connectivity index is 2.26. The smallest absolute Gasteiger partial charge is 0.296 e. The second kappa shape index (κ2) is 5.44. The van der Waals surface area contributed by atoms with Crippen LogP contribution in [0.3, 0.4) is 0 Å². The fraction of sp³-hybridized carbons (Fsp3) is 1.00. The van der Waals surface area contributed by atoms with Gasteiger partial charge in [-0.15, -0.1) is 0 Å². The van der Waals surface area contributed by atoms with Gasteiger partial charge in [0, 0.05) is 12.0 Å². The molecule has 0 atom stereocenters. The SMILES string of the molecule is CCCCCNP1(=O)OCC(C)(C)CO1. The molecule has 0 saturated carbocycles. The highest BCUT2D eigenvalue weighted by Crippen LogP contribution is 2.49. The lowest BCUT2D eigenvalue weighted by molar-refractivity contribution is 0.0372. The molecular formula is C10H22NO3P. The largest absolute Gasteiger partial charge is 0.405 e. The molecule has 1 N–H and O–H groups in total. The van der Waals surface area contributed by atoms with Crippen LogP contribution < -0.4 is 5.09 Å². The third-order valence-corrected chi connectivity index (χ3v) is 3.89. The maximum absolute atomic E-state index is 11.9. The van der Waals surface area contributed by atoms with E-state index in [-0.39, 0.29) is 5.41 Å². The Kier molecular flexibility index (Phi) is 4.78. The molecule has 0 amide bonds. The fourth-order valence-corrected chi connectivity index (χ4v) is 3.01. The first-order valence-corrected chi connectivity index (χ1v) is 7.16. The molecule has 0 aromatic heterocycles. The van der Waals surface area contributed by atoms with Crippen LogP contribution in [0.4, 0.5) is 0 Å². The Hall–Kier alpha value is 0.110. The predicted octanol–water partition coefficient (Wildman–Crippen LogP) is 2.95. The Bertz CT molecular complexity index is 229. The number of unbranched alkanes of at least 4 members (excludes halogenated alkanes) is 2. The van der Waals surface area contributed by atoms with E-state index in [1.165, 1.54) is 0 Å². The molecule has 0 aromatic rings. The van der Waals surface area contributed by atoms with Crippen molar-refractivity contribution in [2.24, 2.45) is 5.41 Å². The summed E-state index contributed by atoms with van der Waals surface area (Å²) in [4.78, 5) is 0. The first-order valence-electron chi connectivity index (χ1n) is 5.62. The highest BCUT2D eigenvalue weighted by molar-refractivity contribution is 7.51. The topological polar surface area (TPSA) is 47.6 Å². The molecule has 1 heterocycles. The third-order valence-electron chi connectivity index (χ3n) is 2.34. The molecule has 5 heteroatoms. The quantitative estimate of drug-likeness (QED) is 0.588. The first-order chi connectivity index (χ1) is 6.97. The van der Waals surface area contributed by atoms with Gasteiger partial charge < -0.3 is 0 Å². The van der Waals surface area contributed by atoms with Gasteiger partial charge in [0.15, 0.2) is 0 Å². The Morgan fingerprint density at radius 3 is 2.40 bits per heavy atom. The van der Waals surface area contributed by atoms with E-state index in [1.54, 1.807) is 0 Å². The summed E-state index contributed by atoms with van der Waals surface area (Å²) in [7, 11) is -2.98. The van der Waals surface area contributed by atoms with Gasteiger partial charge in [-0.2, -0.15) is 0 Å². The molecule has 0 radical (unpaired) electrons. The standard InChI is InChI=1S/C10H22NO3P/c1-4-5-6-7-11-15(12)13-8-10(2,3)9-14-15/h4-9H2,1-3H3,(H,11,12). The van der Waals surface area contributed by atoms with Gasteiger partial charge in [0.2, 0.25) is 0 Å². The first kappa shape index (κ1) is 13.2. The molecule has 15 heavy (non-hydrogen) atoms. The summed E-state index contributed by atoms with van der Waals surface area (Å²) < 4.78 is 22.5. The van der Waals surface area contributed by atoms with Crippen LogP contribution in [0.15, 0.2) is 0 Å². The van der Waals surface area contributed by atoms with Gasteiger partial charge in [0.1, 0.15) is 0 Å². The summed E-state index contributed by atoms with van der Waals surface area (Å²) in [5, 5.41) is 2.88. The molecular weight excluding hydrogens is 213 g/mol. The maximum atomic E-state index is 11.9. The molecule has 0 aromatic carbocycles. The third kappa shape index (κ3) is 4.64. The summed E-state index contributed by atoms with van der Waals surface area (Å²) in [6.45, 7) is 7.89. The summed E-state index contributed by atoms with van der Waals surface area (Å²) in [5.41, 5.74) is -0.0288. The molecule has 1 aliphatic rings. The lowest BCUT2D eigenvalue weighted by atomic mass is 9.97. The van der Waals surface area contributed by atoms with Crippen LogP contribution in [0.25, 0.3) is 0 Å². The van der Waals surface area contributed by atoms with Crippen LogP contribution in [0.2, 0.25) is 0 Å². The van der Waals surface area contributed by atoms with Crippen molar-refractivity contribution >= 4 is 7.75 Å². The summed E-state index contributed by atoms with van der Waals surface area (Å²) in [6, 6.07) is 0. The number of hydrogen-bond donors (Lipinski definition) is 1. The monoisotopic (exact) mass is 235 g/mol. The van der Waals surface area contributed by atoms with Crippen molar-refractivity contribution in [3.8, 4) is 0 Å². The molecule has 1 aliphatic heterocycles. The van der Waals surface area contributed by atoms with Crippen molar-refractivity contribution in [1.82, 2.24) is 5.09 Å². The second-order valence-corrected chi connectivity index (χ2v) is 6.65. The van der Waals surface area contributed by atoms with Crippen LogP contribution in [-0.2, 0) is 13.6 Å². The van der Waals surface area contributed by atoms with E-state index in [9.17, 15) is 4.57 Å². The zero-order valence-corrected chi connectivity index (χ0v) is 10.8. The van der Waals surface area contributed by atoms with Crippen LogP contribution in [0, 0.1) is 5.41 Å². The number of rotatable bonds is 5. The van der Waals surface area contributed by atoms with Crippen molar-refractivity contribution in [3.05, 3.63) is 0 Å². The van der Waals surface area contributed by atoms with Crippen LogP contribution in [0.1, 0.15) is 40.0 Å². The molecule has 0 spiro atoms. The highest BCUT2D eigenvalue weighted by Gasteiger charge is 2.36. The molecule has 0 unspecified atom stereocenters. The van der Waals surface area contributed by atoms with E-state index < -0.39 is 7.75 Å².